The molecule has 2 heteroatoms. The van der Waals surface area contributed by atoms with Crippen LogP contribution in [0.2, 0.25) is 0 Å². The highest BCUT2D eigenvalue weighted by Crippen LogP contribution is 1.66. The van der Waals surface area contributed by atoms with Gasteiger partial charge in [0, 0.05) is 8.54 Å². The smallest absolute Gasteiger partial charge is 0.120 e. The number of ether oxygens (including phenoxy) is 1. The number of halogens is 1. The Morgan fingerprint density at radius 3 is 2.50 bits per heavy atom. The minimum Gasteiger partial charge on any atom is -0.369 e. The fraction of sp³-hybridized carbons (Fsp3) is 1.00. The van der Waals surface area contributed by atoms with Gasteiger partial charge in [-0.15, -0.1) is 0 Å². The van der Waals surface area contributed by atoms with E-state index in [0.717, 1.165) is 0 Å². The Balaban J connectivity index is 0. The van der Waals surface area contributed by atoms with Crippen molar-refractivity contribution in [1.29, 1.82) is 0 Å². The molecule has 0 heterocycles. The minimum atomic E-state index is 0. The molecule has 0 radical (unpaired) electrons. The van der Waals surface area contributed by atoms with Crippen molar-refractivity contribution >= 4 is 11.6 Å². The lowest BCUT2D eigenvalue weighted by atomic mass is 11.5. The largest absolute Gasteiger partial charge is 0.369 e. The van der Waals surface area contributed by atoms with E-state index in [1.807, 2.05) is 0 Å². The highest BCUT2D eigenvalue weighted by Gasteiger charge is 1.54. The van der Waals surface area contributed by atoms with Crippen LogP contribution in [0.1, 0.15) is 1.43 Å². The van der Waals surface area contributed by atoms with E-state index in [0.29, 0.717) is 6.07 Å². The Morgan fingerprint density at radius 1 is 2.25 bits per heavy atom. The maximum absolute atomic E-state index is 4.96. The maximum Gasteiger partial charge on any atom is 0.120 e. The second-order valence-electron chi connectivity index (χ2n) is 0.398. The van der Waals surface area contributed by atoms with Gasteiger partial charge in [0.25, 0.3) is 0 Å². The minimum absolute atomic E-state index is 0. The Kier molecular flexibility index (Phi) is 3.45. The summed E-state index contributed by atoms with van der Waals surface area (Å²) in [6.07, 6.45) is 0. The lowest BCUT2D eigenvalue weighted by molar-refractivity contribution is 0.254. The van der Waals surface area contributed by atoms with Crippen molar-refractivity contribution in [2.45, 2.75) is 0 Å². The summed E-state index contributed by atoms with van der Waals surface area (Å²) in [5, 5.41) is 0. The molecule has 0 aromatic carbocycles. The third-order valence-electron chi connectivity index (χ3n) is 0.109. The summed E-state index contributed by atoms with van der Waals surface area (Å²) >= 11 is 4.96. The highest BCUT2D eigenvalue weighted by atomic mass is 35.5. The molecule has 0 spiro atoms. The Hall–Kier alpha value is 0.250. The summed E-state index contributed by atoms with van der Waals surface area (Å²) in [6.45, 7) is 0. The molecule has 0 aliphatic carbocycles. The van der Waals surface area contributed by atoms with Crippen molar-refractivity contribution in [2.24, 2.45) is 0 Å². The molecule has 0 atom stereocenters. The normalized spacial score (nSPS) is 7.50. The van der Waals surface area contributed by atoms with Crippen LogP contribution in [0, 0.1) is 0 Å². The van der Waals surface area contributed by atoms with Gasteiger partial charge in [-0.05, 0) is 0 Å². The molecule has 0 unspecified atom stereocenters. The second kappa shape index (κ2) is 3.25. The number of rotatable bonds is 1. The van der Waals surface area contributed by atoms with Crippen LogP contribution >= 0.6 is 11.6 Å². The van der Waals surface area contributed by atoms with Crippen LogP contribution in [0.3, 0.4) is 0 Å². The fourth-order valence-electron chi connectivity index (χ4n) is 0. The molecule has 0 rings (SSSR count). The van der Waals surface area contributed by atoms with Gasteiger partial charge in [0.15, 0.2) is 0 Å². The van der Waals surface area contributed by atoms with Gasteiger partial charge < -0.3 is 4.74 Å². The molecule has 0 saturated carbocycles. The topological polar surface area (TPSA) is 9.23 Å². The van der Waals surface area contributed by atoms with E-state index in [-0.39, 0.29) is 1.43 Å². The van der Waals surface area contributed by atoms with Crippen molar-refractivity contribution in [1.82, 2.24) is 0 Å². The first-order valence-corrected chi connectivity index (χ1v) is 1.50. The molecule has 4 heavy (non-hydrogen) atoms. The van der Waals surface area contributed by atoms with E-state index in [1.54, 1.807) is 7.11 Å². The van der Waals surface area contributed by atoms with Crippen molar-refractivity contribution in [3.63, 3.8) is 0 Å². The first-order chi connectivity index (χ1) is 1.91. The van der Waals surface area contributed by atoms with E-state index >= 15 is 0 Å². The SMILES string of the molecule is COCCl.[HH]. The van der Waals surface area contributed by atoms with Gasteiger partial charge in [0.2, 0.25) is 0 Å². The molecule has 0 aromatic heterocycles. The molecule has 0 amide bonds. The van der Waals surface area contributed by atoms with Crippen molar-refractivity contribution < 1.29 is 6.16 Å². The molecule has 0 bridgehead atoms. The van der Waals surface area contributed by atoms with Gasteiger partial charge in [0.1, 0.15) is 6.07 Å². The summed E-state index contributed by atoms with van der Waals surface area (Å²) in [5.74, 6) is 0. The molecule has 0 saturated heterocycles. The molecule has 0 N–H and O–H groups in total. The molecule has 0 aromatic rings. The summed E-state index contributed by atoms with van der Waals surface area (Å²) in [7, 11) is 1.55. The number of hydrogen-bond donors (Lipinski definition) is 0. The average Bonchev–Trinajstić information content (AvgIpc) is 1.37. The summed E-state index contributed by atoms with van der Waals surface area (Å²) in [6, 6.07) is 0.292. The monoisotopic (exact) mass is 82.0 g/mol. The van der Waals surface area contributed by atoms with Gasteiger partial charge in [-0.1, -0.05) is 11.6 Å². The van der Waals surface area contributed by atoms with Gasteiger partial charge in [-0.25, -0.2) is 0 Å². The van der Waals surface area contributed by atoms with Crippen molar-refractivity contribution in [2.75, 3.05) is 13.2 Å². The maximum atomic E-state index is 4.96. The van der Waals surface area contributed by atoms with Crippen LogP contribution in [0.5, 0.6) is 0 Å². The number of alkyl halides is 1. The Bertz CT molecular complexity index is 11.6. The fourth-order valence-corrected chi connectivity index (χ4v) is 0. The molecule has 0 fully saturated rings. The van der Waals surface area contributed by atoms with Crippen LogP contribution in [0.4, 0.5) is 0 Å². The van der Waals surface area contributed by atoms with Crippen LogP contribution in [-0.2, 0) is 4.74 Å². The highest BCUT2D eigenvalue weighted by molar-refractivity contribution is 6.17. The third kappa shape index (κ3) is 2.25. The molecule has 0 aliphatic rings. The summed E-state index contributed by atoms with van der Waals surface area (Å²) < 4.78 is 4.31. The van der Waals surface area contributed by atoms with Gasteiger partial charge >= 0.3 is 0 Å². The Labute approximate surface area is 32.0 Å². The van der Waals surface area contributed by atoms with Crippen LogP contribution in [-0.4, -0.2) is 13.2 Å². The zero-order chi connectivity index (χ0) is 3.41. The number of methoxy groups -OCH3 is 1. The molecular weight excluding hydrogens is 75.5 g/mol. The number of hydrogen-bond acceptors (Lipinski definition) is 1. The summed E-state index contributed by atoms with van der Waals surface area (Å²) in [5.41, 5.74) is 0. The van der Waals surface area contributed by atoms with Gasteiger partial charge in [0.05, 0.1) is 0 Å². The van der Waals surface area contributed by atoms with Crippen LogP contribution in [0.15, 0.2) is 0 Å². The predicted octanol–water partition coefficient (Wildman–Crippen LogP) is 1.08. The molecule has 1 nitrogen and oxygen atoms in total. The second-order valence-corrected chi connectivity index (χ2v) is 0.616. The first-order valence-electron chi connectivity index (χ1n) is 0.964. The summed E-state index contributed by atoms with van der Waals surface area (Å²) in [4.78, 5) is 0. The molecular formula is C2H7ClO. The van der Waals surface area contributed by atoms with Crippen molar-refractivity contribution in [3.05, 3.63) is 0 Å². The third-order valence-corrected chi connectivity index (χ3v) is 0.327. The average molecular weight is 82.5 g/mol. The van der Waals surface area contributed by atoms with Crippen LogP contribution in [0.25, 0.3) is 0 Å². The molecule has 0 aliphatic heterocycles. The zero-order valence-electron chi connectivity index (χ0n) is 2.49. The first kappa shape index (κ1) is 4.25. The van der Waals surface area contributed by atoms with E-state index in [1.165, 1.54) is 0 Å². The van der Waals surface area contributed by atoms with Crippen LogP contribution < -0.4 is 0 Å². The quantitative estimate of drug-likeness (QED) is 0.430. The lowest BCUT2D eigenvalue weighted by Crippen LogP contribution is -1.68. The standard InChI is InChI=1S/C2H5ClO.H2/c1-4-2-3;/h2H2,1H3;1H. The van der Waals surface area contributed by atoms with Gasteiger partial charge in [-0.2, -0.15) is 0 Å². The van der Waals surface area contributed by atoms with Gasteiger partial charge in [-0.3, -0.25) is 0 Å². The van der Waals surface area contributed by atoms with E-state index in [2.05, 4.69) is 4.74 Å². The zero-order valence-corrected chi connectivity index (χ0v) is 3.25. The predicted molar refractivity (Wildman–Crippen MR) is 19.8 cm³/mol. The van der Waals surface area contributed by atoms with E-state index in [4.69, 9.17) is 11.6 Å². The van der Waals surface area contributed by atoms with Crippen molar-refractivity contribution in [3.8, 4) is 0 Å². The van der Waals surface area contributed by atoms with E-state index in [9.17, 15) is 0 Å². The van der Waals surface area contributed by atoms with E-state index < -0.39 is 0 Å². The molecule has 28 valence electrons. The lowest BCUT2D eigenvalue weighted by Gasteiger charge is -1.74. The Morgan fingerprint density at radius 2 is 2.50 bits per heavy atom.